The summed E-state index contributed by atoms with van der Waals surface area (Å²) in [7, 11) is 1.65. The molecule has 8 heteroatoms. The molecule has 0 aliphatic rings. The molecule has 0 aromatic carbocycles. The molecule has 1 amide bonds. The maximum Gasteiger partial charge on any atom is 0.406 e. The molecule has 0 radical (unpaired) electrons. The number of nitrogens with zero attached hydrogens (tertiary/aromatic N) is 3. The van der Waals surface area contributed by atoms with E-state index < -0.39 is 4.92 Å². The molecular weight excluding hydrogens is 226 g/mol. The third-order valence-corrected chi connectivity index (χ3v) is 2.26. The molecule has 1 aromatic heterocycles. The Morgan fingerprint density at radius 2 is 2.24 bits per heavy atom. The predicted molar refractivity (Wildman–Crippen MR) is 61.8 cm³/mol. The maximum atomic E-state index is 11.2. The fourth-order valence-electron chi connectivity index (χ4n) is 1.34. The van der Waals surface area contributed by atoms with Crippen molar-refractivity contribution in [3.05, 3.63) is 15.9 Å². The second-order valence-electron chi connectivity index (χ2n) is 3.45. The highest BCUT2D eigenvalue weighted by atomic mass is 16.6. The summed E-state index contributed by atoms with van der Waals surface area (Å²) in [5.41, 5.74) is 0. The van der Waals surface area contributed by atoms with E-state index in [0.29, 0.717) is 12.4 Å². The fourth-order valence-corrected chi connectivity index (χ4v) is 1.34. The van der Waals surface area contributed by atoms with Crippen LogP contribution in [0.5, 0.6) is 0 Å². The first-order valence-corrected chi connectivity index (χ1v) is 5.15. The standard InChI is InChI=1S/C9H15N5O3/c1-4-10-7(15)5-11-8-9(14(16)17)12-6(2)13(8)3/h11H,4-5H2,1-3H3,(H,10,15). The second-order valence-corrected chi connectivity index (χ2v) is 3.45. The lowest BCUT2D eigenvalue weighted by molar-refractivity contribution is -0.388. The Labute approximate surface area is 98.2 Å². The van der Waals surface area contributed by atoms with Crippen molar-refractivity contribution in [2.75, 3.05) is 18.4 Å². The Bertz CT molecular complexity index is 440. The SMILES string of the molecule is CCNC(=O)CNc1c([N+](=O)[O-])nc(C)n1C. The number of hydrogen-bond donors (Lipinski definition) is 2. The number of amides is 1. The molecule has 8 nitrogen and oxygen atoms in total. The van der Waals surface area contributed by atoms with E-state index in [1.165, 1.54) is 4.57 Å². The largest absolute Gasteiger partial charge is 0.406 e. The van der Waals surface area contributed by atoms with E-state index in [9.17, 15) is 14.9 Å². The summed E-state index contributed by atoms with van der Waals surface area (Å²) in [4.78, 5) is 25.2. The Morgan fingerprint density at radius 1 is 1.59 bits per heavy atom. The van der Waals surface area contributed by atoms with Gasteiger partial charge in [0.15, 0.2) is 0 Å². The van der Waals surface area contributed by atoms with Gasteiger partial charge in [-0.15, -0.1) is 0 Å². The quantitative estimate of drug-likeness (QED) is 0.565. The third-order valence-electron chi connectivity index (χ3n) is 2.26. The van der Waals surface area contributed by atoms with Crippen molar-refractivity contribution in [2.45, 2.75) is 13.8 Å². The molecule has 0 saturated heterocycles. The van der Waals surface area contributed by atoms with Gasteiger partial charge in [-0.2, -0.15) is 0 Å². The summed E-state index contributed by atoms with van der Waals surface area (Å²) in [6.45, 7) is 3.96. The van der Waals surface area contributed by atoms with E-state index in [4.69, 9.17) is 0 Å². The van der Waals surface area contributed by atoms with E-state index in [-0.39, 0.29) is 24.1 Å². The Hall–Kier alpha value is -2.12. The molecule has 0 unspecified atom stereocenters. The van der Waals surface area contributed by atoms with Crippen molar-refractivity contribution < 1.29 is 9.72 Å². The van der Waals surface area contributed by atoms with Gasteiger partial charge in [0.2, 0.25) is 17.5 Å². The molecule has 1 heterocycles. The number of aryl methyl sites for hydroxylation is 1. The summed E-state index contributed by atoms with van der Waals surface area (Å²) < 4.78 is 1.54. The first-order chi connectivity index (χ1) is 7.97. The van der Waals surface area contributed by atoms with Crippen LogP contribution in [0.2, 0.25) is 0 Å². The number of hydrogen-bond acceptors (Lipinski definition) is 5. The second kappa shape index (κ2) is 5.28. The molecule has 0 aliphatic carbocycles. The fraction of sp³-hybridized carbons (Fsp3) is 0.556. The smallest absolute Gasteiger partial charge is 0.358 e. The van der Waals surface area contributed by atoms with Gasteiger partial charge in [0.1, 0.15) is 0 Å². The van der Waals surface area contributed by atoms with Gasteiger partial charge in [0.05, 0.1) is 6.54 Å². The minimum atomic E-state index is -0.576. The lowest BCUT2D eigenvalue weighted by atomic mass is 10.5. The van der Waals surface area contributed by atoms with Crippen molar-refractivity contribution in [3.63, 3.8) is 0 Å². The van der Waals surface area contributed by atoms with Crippen LogP contribution in [-0.4, -0.2) is 33.5 Å². The average Bonchev–Trinajstić information content (AvgIpc) is 2.54. The molecule has 0 spiro atoms. The lowest BCUT2D eigenvalue weighted by Crippen LogP contribution is -2.30. The molecule has 0 aliphatic heterocycles. The third kappa shape index (κ3) is 2.92. The highest BCUT2D eigenvalue weighted by molar-refractivity contribution is 5.80. The van der Waals surface area contributed by atoms with Crippen LogP contribution < -0.4 is 10.6 Å². The molecule has 1 aromatic rings. The Kier molecular flexibility index (Phi) is 4.02. The number of aromatic nitrogens is 2. The minimum absolute atomic E-state index is 0.0202. The first-order valence-electron chi connectivity index (χ1n) is 5.15. The Balaban J connectivity index is 2.83. The minimum Gasteiger partial charge on any atom is -0.358 e. The number of nitrogens with one attached hydrogen (secondary N) is 2. The molecule has 0 saturated carbocycles. The predicted octanol–water partition coefficient (Wildman–Crippen LogP) is 0.185. The van der Waals surface area contributed by atoms with Crippen molar-refractivity contribution >= 4 is 17.5 Å². The van der Waals surface area contributed by atoms with Crippen LogP contribution in [-0.2, 0) is 11.8 Å². The summed E-state index contributed by atoms with van der Waals surface area (Å²) in [5.74, 6) is 0.254. The molecule has 17 heavy (non-hydrogen) atoms. The van der Waals surface area contributed by atoms with Crippen LogP contribution in [0, 0.1) is 17.0 Å². The molecule has 0 bridgehead atoms. The monoisotopic (exact) mass is 241 g/mol. The van der Waals surface area contributed by atoms with E-state index in [1.807, 2.05) is 0 Å². The van der Waals surface area contributed by atoms with Gasteiger partial charge in [-0.25, -0.2) is 0 Å². The van der Waals surface area contributed by atoms with E-state index >= 15 is 0 Å². The number of nitro groups is 1. The van der Waals surface area contributed by atoms with Crippen LogP contribution in [0.4, 0.5) is 11.6 Å². The molecular formula is C9H15N5O3. The lowest BCUT2D eigenvalue weighted by Gasteiger charge is -2.06. The number of likely N-dealkylation sites (N-methyl/N-ethyl adjacent to an activating group) is 1. The van der Waals surface area contributed by atoms with Crippen molar-refractivity contribution in [2.24, 2.45) is 7.05 Å². The topological polar surface area (TPSA) is 102 Å². The van der Waals surface area contributed by atoms with E-state index in [0.717, 1.165) is 0 Å². The van der Waals surface area contributed by atoms with Crippen molar-refractivity contribution in [1.82, 2.24) is 14.9 Å². The number of carbonyl (C=O) groups is 1. The van der Waals surface area contributed by atoms with Crippen LogP contribution in [0.25, 0.3) is 0 Å². The molecule has 0 fully saturated rings. The highest BCUT2D eigenvalue weighted by Crippen LogP contribution is 2.23. The summed E-state index contributed by atoms with van der Waals surface area (Å²) >= 11 is 0. The highest BCUT2D eigenvalue weighted by Gasteiger charge is 2.23. The molecule has 2 N–H and O–H groups in total. The van der Waals surface area contributed by atoms with Gasteiger partial charge in [0, 0.05) is 20.5 Å². The van der Waals surface area contributed by atoms with Crippen LogP contribution in [0.1, 0.15) is 12.7 Å². The normalized spacial score (nSPS) is 10.1. The summed E-state index contributed by atoms with van der Waals surface area (Å²) in [6.07, 6.45) is 0. The number of anilines is 1. The molecule has 1 rings (SSSR count). The summed E-state index contributed by atoms with van der Waals surface area (Å²) in [6, 6.07) is 0. The molecule has 94 valence electrons. The van der Waals surface area contributed by atoms with E-state index in [2.05, 4.69) is 15.6 Å². The average molecular weight is 241 g/mol. The van der Waals surface area contributed by atoms with E-state index in [1.54, 1.807) is 20.9 Å². The zero-order valence-corrected chi connectivity index (χ0v) is 9.98. The van der Waals surface area contributed by atoms with Gasteiger partial charge < -0.3 is 20.7 Å². The zero-order valence-electron chi connectivity index (χ0n) is 9.98. The van der Waals surface area contributed by atoms with Gasteiger partial charge in [0.25, 0.3) is 0 Å². The van der Waals surface area contributed by atoms with Gasteiger partial charge in [-0.05, 0) is 16.8 Å². The van der Waals surface area contributed by atoms with Crippen molar-refractivity contribution in [3.8, 4) is 0 Å². The number of imidazole rings is 1. The maximum absolute atomic E-state index is 11.2. The van der Waals surface area contributed by atoms with Gasteiger partial charge in [-0.1, -0.05) is 0 Å². The van der Waals surface area contributed by atoms with Crippen molar-refractivity contribution in [1.29, 1.82) is 0 Å². The van der Waals surface area contributed by atoms with Crippen LogP contribution in [0.3, 0.4) is 0 Å². The van der Waals surface area contributed by atoms with Crippen LogP contribution in [0.15, 0.2) is 0 Å². The summed E-state index contributed by atoms with van der Waals surface area (Å²) in [5, 5.41) is 16.1. The number of carbonyl (C=O) groups excluding carboxylic acids is 1. The number of rotatable bonds is 5. The molecule has 0 atom stereocenters. The zero-order chi connectivity index (χ0) is 13.0. The van der Waals surface area contributed by atoms with Gasteiger partial charge in [-0.3, -0.25) is 9.36 Å². The van der Waals surface area contributed by atoms with Gasteiger partial charge >= 0.3 is 5.82 Å². The van der Waals surface area contributed by atoms with Crippen LogP contribution >= 0.6 is 0 Å². The first kappa shape index (κ1) is 12.9. The Morgan fingerprint density at radius 3 is 2.76 bits per heavy atom.